The Morgan fingerprint density at radius 2 is 2.38 bits per heavy atom. The van der Waals surface area contributed by atoms with Crippen molar-refractivity contribution in [3.8, 4) is 11.8 Å². The summed E-state index contributed by atoms with van der Waals surface area (Å²) in [5.74, 6) is 5.50. The Kier molecular flexibility index (Phi) is 4.01. The lowest BCUT2D eigenvalue weighted by atomic mass is 10.2. The standard InChI is InChI=1S/C7H10O/c1-3-4-5-7(2)6-8/h8H,2,5-6H2,1H3. The number of hydrogen-bond donors (Lipinski definition) is 1. The van der Waals surface area contributed by atoms with E-state index in [2.05, 4.69) is 18.4 Å². The predicted octanol–water partition coefficient (Wildman–Crippen LogP) is 0.948. The van der Waals surface area contributed by atoms with Gasteiger partial charge in [-0.05, 0) is 12.5 Å². The fraction of sp³-hybridized carbons (Fsp3) is 0.429. The third kappa shape index (κ3) is 3.45. The fourth-order valence-corrected chi connectivity index (χ4v) is 0.269. The molecule has 0 aliphatic heterocycles. The summed E-state index contributed by atoms with van der Waals surface area (Å²) < 4.78 is 0. The molecule has 0 saturated heterocycles. The summed E-state index contributed by atoms with van der Waals surface area (Å²) in [6, 6.07) is 0. The Labute approximate surface area is 50.0 Å². The predicted molar refractivity (Wildman–Crippen MR) is 34.3 cm³/mol. The lowest BCUT2D eigenvalue weighted by Crippen LogP contribution is -1.84. The summed E-state index contributed by atoms with van der Waals surface area (Å²) in [5, 5.41) is 8.39. The number of aliphatic hydroxyl groups excluding tert-OH is 1. The van der Waals surface area contributed by atoms with Crippen molar-refractivity contribution in [2.45, 2.75) is 13.3 Å². The van der Waals surface area contributed by atoms with Crippen LogP contribution in [-0.4, -0.2) is 11.7 Å². The van der Waals surface area contributed by atoms with E-state index in [1.165, 1.54) is 0 Å². The van der Waals surface area contributed by atoms with E-state index in [1.807, 2.05) is 0 Å². The maximum absolute atomic E-state index is 8.39. The summed E-state index contributed by atoms with van der Waals surface area (Å²) in [4.78, 5) is 0. The minimum atomic E-state index is 0.0503. The quantitative estimate of drug-likeness (QED) is 0.414. The van der Waals surface area contributed by atoms with Gasteiger partial charge >= 0.3 is 0 Å². The summed E-state index contributed by atoms with van der Waals surface area (Å²) in [6.07, 6.45) is 0.618. The Morgan fingerprint density at radius 1 is 1.75 bits per heavy atom. The number of rotatable bonds is 2. The zero-order valence-electron chi connectivity index (χ0n) is 5.07. The van der Waals surface area contributed by atoms with Gasteiger partial charge in [-0.15, -0.1) is 5.92 Å². The molecular formula is C7H10O. The van der Waals surface area contributed by atoms with Crippen molar-refractivity contribution in [3.05, 3.63) is 12.2 Å². The van der Waals surface area contributed by atoms with Crippen LogP contribution < -0.4 is 0 Å². The van der Waals surface area contributed by atoms with Crippen molar-refractivity contribution in [2.24, 2.45) is 0 Å². The maximum atomic E-state index is 8.39. The highest BCUT2D eigenvalue weighted by molar-refractivity contribution is 5.08. The molecule has 0 unspecified atom stereocenters. The van der Waals surface area contributed by atoms with Crippen molar-refractivity contribution in [1.29, 1.82) is 0 Å². The molecular weight excluding hydrogens is 100 g/mol. The van der Waals surface area contributed by atoms with Gasteiger partial charge in [0, 0.05) is 6.42 Å². The van der Waals surface area contributed by atoms with Gasteiger partial charge < -0.3 is 5.11 Å². The zero-order chi connectivity index (χ0) is 6.41. The minimum absolute atomic E-state index is 0.0503. The van der Waals surface area contributed by atoms with Gasteiger partial charge in [-0.2, -0.15) is 0 Å². The summed E-state index contributed by atoms with van der Waals surface area (Å²) >= 11 is 0. The molecule has 0 aliphatic rings. The lowest BCUT2D eigenvalue weighted by molar-refractivity contribution is 0.330. The molecule has 0 spiro atoms. The smallest absolute Gasteiger partial charge is 0.0648 e. The van der Waals surface area contributed by atoms with Crippen LogP contribution >= 0.6 is 0 Å². The van der Waals surface area contributed by atoms with E-state index in [1.54, 1.807) is 6.92 Å². The topological polar surface area (TPSA) is 20.2 Å². The van der Waals surface area contributed by atoms with Crippen molar-refractivity contribution >= 4 is 0 Å². The molecule has 1 N–H and O–H groups in total. The highest BCUT2D eigenvalue weighted by Crippen LogP contribution is 1.91. The van der Waals surface area contributed by atoms with Crippen LogP contribution in [0.4, 0.5) is 0 Å². The third-order valence-electron chi connectivity index (χ3n) is 0.739. The molecule has 0 aromatic heterocycles. The van der Waals surface area contributed by atoms with Crippen molar-refractivity contribution < 1.29 is 5.11 Å². The normalized spacial score (nSPS) is 7.25. The van der Waals surface area contributed by atoms with E-state index >= 15 is 0 Å². The summed E-state index contributed by atoms with van der Waals surface area (Å²) in [7, 11) is 0. The molecule has 0 atom stereocenters. The minimum Gasteiger partial charge on any atom is -0.392 e. The molecule has 0 amide bonds. The first-order valence-electron chi connectivity index (χ1n) is 2.48. The molecule has 0 fully saturated rings. The summed E-state index contributed by atoms with van der Waals surface area (Å²) in [6.45, 7) is 5.38. The Balaban J connectivity index is 3.35. The molecule has 0 saturated carbocycles. The average Bonchev–Trinajstić information content (AvgIpc) is 1.83. The van der Waals surface area contributed by atoms with Gasteiger partial charge in [-0.1, -0.05) is 12.5 Å². The van der Waals surface area contributed by atoms with E-state index in [0.29, 0.717) is 6.42 Å². The van der Waals surface area contributed by atoms with Crippen LogP contribution in [0.3, 0.4) is 0 Å². The second kappa shape index (κ2) is 4.42. The molecule has 44 valence electrons. The van der Waals surface area contributed by atoms with Gasteiger partial charge in [0.25, 0.3) is 0 Å². The van der Waals surface area contributed by atoms with E-state index in [0.717, 1.165) is 5.57 Å². The van der Waals surface area contributed by atoms with Crippen LogP contribution in [0.15, 0.2) is 12.2 Å². The largest absolute Gasteiger partial charge is 0.392 e. The summed E-state index contributed by atoms with van der Waals surface area (Å²) in [5.41, 5.74) is 0.777. The molecule has 1 nitrogen and oxygen atoms in total. The van der Waals surface area contributed by atoms with Crippen molar-refractivity contribution in [2.75, 3.05) is 6.61 Å². The van der Waals surface area contributed by atoms with Gasteiger partial charge in [0.15, 0.2) is 0 Å². The van der Waals surface area contributed by atoms with Crippen LogP contribution in [0.25, 0.3) is 0 Å². The third-order valence-corrected chi connectivity index (χ3v) is 0.739. The van der Waals surface area contributed by atoms with Gasteiger partial charge in [-0.25, -0.2) is 0 Å². The zero-order valence-corrected chi connectivity index (χ0v) is 5.07. The van der Waals surface area contributed by atoms with Gasteiger partial charge in [0.1, 0.15) is 0 Å². The van der Waals surface area contributed by atoms with Crippen molar-refractivity contribution in [3.63, 3.8) is 0 Å². The van der Waals surface area contributed by atoms with Gasteiger partial charge in [0.2, 0.25) is 0 Å². The number of hydrogen-bond acceptors (Lipinski definition) is 1. The lowest BCUT2D eigenvalue weighted by Gasteiger charge is -1.89. The Bertz CT molecular complexity index is 125. The van der Waals surface area contributed by atoms with Gasteiger partial charge in [-0.3, -0.25) is 0 Å². The number of aliphatic hydroxyl groups is 1. The molecule has 0 aromatic carbocycles. The van der Waals surface area contributed by atoms with Crippen LogP contribution in [0.2, 0.25) is 0 Å². The maximum Gasteiger partial charge on any atom is 0.0648 e. The van der Waals surface area contributed by atoms with E-state index in [9.17, 15) is 0 Å². The molecule has 0 aromatic rings. The molecule has 0 rings (SSSR count). The molecule has 8 heavy (non-hydrogen) atoms. The van der Waals surface area contributed by atoms with Crippen LogP contribution in [0.1, 0.15) is 13.3 Å². The fourth-order valence-electron chi connectivity index (χ4n) is 0.269. The monoisotopic (exact) mass is 110 g/mol. The van der Waals surface area contributed by atoms with Crippen molar-refractivity contribution in [1.82, 2.24) is 0 Å². The highest BCUT2D eigenvalue weighted by Gasteiger charge is 1.83. The molecule has 0 radical (unpaired) electrons. The second-order valence-electron chi connectivity index (χ2n) is 1.51. The highest BCUT2D eigenvalue weighted by atomic mass is 16.3. The molecule has 0 bridgehead atoms. The average molecular weight is 110 g/mol. The van der Waals surface area contributed by atoms with Gasteiger partial charge in [0.05, 0.1) is 6.61 Å². The van der Waals surface area contributed by atoms with Crippen LogP contribution in [0.5, 0.6) is 0 Å². The van der Waals surface area contributed by atoms with E-state index in [4.69, 9.17) is 5.11 Å². The second-order valence-corrected chi connectivity index (χ2v) is 1.51. The first-order chi connectivity index (χ1) is 3.81. The SMILES string of the molecule is C=C(CO)CC#CC. The van der Waals surface area contributed by atoms with E-state index in [-0.39, 0.29) is 6.61 Å². The van der Waals surface area contributed by atoms with Crippen LogP contribution in [-0.2, 0) is 0 Å². The first kappa shape index (κ1) is 7.26. The molecule has 1 heteroatoms. The molecule has 0 aliphatic carbocycles. The van der Waals surface area contributed by atoms with E-state index < -0.39 is 0 Å². The molecule has 0 heterocycles. The first-order valence-corrected chi connectivity index (χ1v) is 2.48. The van der Waals surface area contributed by atoms with Crippen LogP contribution in [0, 0.1) is 11.8 Å². The Hall–Kier alpha value is -0.740. The Morgan fingerprint density at radius 3 is 2.75 bits per heavy atom.